The van der Waals surface area contributed by atoms with E-state index in [0.29, 0.717) is 28.0 Å². The molecule has 6 rings (SSSR count). The Balaban J connectivity index is 1.39. The summed E-state index contributed by atoms with van der Waals surface area (Å²) in [6.45, 7) is 3.26. The zero-order valence-electron chi connectivity index (χ0n) is 19.7. The Hall–Kier alpha value is -2.49. The van der Waals surface area contributed by atoms with Crippen molar-refractivity contribution in [3.05, 3.63) is 97.4 Å². The van der Waals surface area contributed by atoms with E-state index in [9.17, 15) is 9.18 Å². The fraction of sp³-hybridized carbons (Fsp3) is 0.222. The van der Waals surface area contributed by atoms with Crippen LogP contribution in [0.4, 0.5) is 4.39 Å². The van der Waals surface area contributed by atoms with Crippen molar-refractivity contribution in [2.45, 2.75) is 24.7 Å². The SMILES string of the molecule is Cc1cnc(C(=O)C23Cc4cnn(-c5ccc(F)cc5)c4C=C2CCN(Sc2ccc(Cl)c(Cl)c2)C3)s1. The van der Waals surface area contributed by atoms with E-state index in [4.69, 9.17) is 23.2 Å². The third kappa shape index (κ3) is 4.55. The molecular weight excluding hydrogens is 550 g/mol. The number of carbonyl (C=O) groups excluding carboxylic acids is 1. The minimum absolute atomic E-state index is 0.0384. The lowest BCUT2D eigenvalue weighted by atomic mass is 9.66. The van der Waals surface area contributed by atoms with Crippen LogP contribution >= 0.6 is 46.5 Å². The number of hydrogen-bond donors (Lipinski definition) is 0. The Morgan fingerprint density at radius 3 is 2.68 bits per heavy atom. The first-order chi connectivity index (χ1) is 17.8. The van der Waals surface area contributed by atoms with Gasteiger partial charge in [0.15, 0.2) is 5.01 Å². The average Bonchev–Trinajstić information content (AvgIpc) is 3.50. The lowest BCUT2D eigenvalue weighted by Crippen LogP contribution is -2.49. The predicted molar refractivity (Wildman–Crippen MR) is 147 cm³/mol. The van der Waals surface area contributed by atoms with Crippen LogP contribution in [0.5, 0.6) is 0 Å². The van der Waals surface area contributed by atoms with Crippen LogP contribution in [0.15, 0.2) is 65.3 Å². The maximum absolute atomic E-state index is 14.2. The molecule has 1 saturated heterocycles. The number of carbonyl (C=O) groups is 1. The zero-order valence-corrected chi connectivity index (χ0v) is 22.9. The summed E-state index contributed by atoms with van der Waals surface area (Å²) in [6.07, 6.45) is 6.92. The smallest absolute Gasteiger partial charge is 0.203 e. The second-order valence-corrected chi connectivity index (χ2v) is 12.5. The summed E-state index contributed by atoms with van der Waals surface area (Å²) in [5.41, 5.74) is 3.02. The highest BCUT2D eigenvalue weighted by Gasteiger charge is 2.49. The summed E-state index contributed by atoms with van der Waals surface area (Å²) in [5, 5.41) is 6.15. The number of halogens is 3. The third-order valence-corrected chi connectivity index (χ3v) is 9.51. The molecule has 3 heterocycles. The van der Waals surface area contributed by atoms with Crippen molar-refractivity contribution >= 4 is 58.3 Å². The van der Waals surface area contributed by atoms with Crippen molar-refractivity contribution in [1.82, 2.24) is 19.1 Å². The van der Waals surface area contributed by atoms with E-state index in [2.05, 4.69) is 20.5 Å². The number of ketones is 1. The van der Waals surface area contributed by atoms with E-state index in [1.54, 1.807) is 36.3 Å². The van der Waals surface area contributed by atoms with E-state index in [1.807, 2.05) is 29.9 Å². The van der Waals surface area contributed by atoms with Gasteiger partial charge in [-0.1, -0.05) is 28.8 Å². The fourth-order valence-electron chi connectivity index (χ4n) is 5.03. The van der Waals surface area contributed by atoms with Gasteiger partial charge in [0.1, 0.15) is 5.82 Å². The van der Waals surface area contributed by atoms with Gasteiger partial charge in [0.25, 0.3) is 0 Å². The molecule has 0 bridgehead atoms. The van der Waals surface area contributed by atoms with Gasteiger partial charge < -0.3 is 0 Å². The van der Waals surface area contributed by atoms with Crippen LogP contribution in [0.25, 0.3) is 11.8 Å². The Kier molecular flexibility index (Phi) is 6.49. The van der Waals surface area contributed by atoms with E-state index in [1.165, 1.54) is 23.5 Å². The van der Waals surface area contributed by atoms with Gasteiger partial charge >= 0.3 is 0 Å². The quantitative estimate of drug-likeness (QED) is 0.186. The van der Waals surface area contributed by atoms with Gasteiger partial charge in [0, 0.05) is 29.1 Å². The van der Waals surface area contributed by atoms with Crippen LogP contribution in [0.2, 0.25) is 10.0 Å². The Morgan fingerprint density at radius 1 is 1.14 bits per heavy atom. The molecule has 2 aromatic carbocycles. The summed E-state index contributed by atoms with van der Waals surface area (Å²) in [4.78, 5) is 20.6. The Labute approximate surface area is 232 Å². The van der Waals surface area contributed by atoms with E-state index >= 15 is 0 Å². The molecular formula is C27H21Cl2FN4OS2. The summed E-state index contributed by atoms with van der Waals surface area (Å²) >= 11 is 15.4. The molecule has 2 aliphatic rings. The van der Waals surface area contributed by atoms with E-state index in [-0.39, 0.29) is 11.6 Å². The van der Waals surface area contributed by atoms with Gasteiger partial charge in [0.05, 0.1) is 33.0 Å². The lowest BCUT2D eigenvalue weighted by molar-refractivity contribution is 0.0781. The number of nitrogens with zero attached hydrogens (tertiary/aromatic N) is 4. The Morgan fingerprint density at radius 2 is 1.95 bits per heavy atom. The molecule has 1 unspecified atom stereocenters. The maximum atomic E-state index is 14.2. The highest BCUT2D eigenvalue weighted by atomic mass is 35.5. The maximum Gasteiger partial charge on any atom is 0.203 e. The molecule has 37 heavy (non-hydrogen) atoms. The first-order valence-corrected chi connectivity index (χ1v) is 14.1. The molecule has 5 nitrogen and oxygen atoms in total. The number of Topliss-reactive ketones (excluding diaryl/α,β-unsaturated/α-hetero) is 1. The normalized spacial score (nSPS) is 19.3. The lowest BCUT2D eigenvalue weighted by Gasteiger charge is -2.44. The largest absolute Gasteiger partial charge is 0.290 e. The van der Waals surface area contributed by atoms with Crippen LogP contribution in [0, 0.1) is 18.2 Å². The molecule has 0 saturated carbocycles. The van der Waals surface area contributed by atoms with Crippen molar-refractivity contribution in [2.24, 2.45) is 5.41 Å². The van der Waals surface area contributed by atoms with Crippen LogP contribution in [-0.4, -0.2) is 37.9 Å². The molecule has 0 spiro atoms. The van der Waals surface area contributed by atoms with Gasteiger partial charge in [-0.2, -0.15) is 5.10 Å². The van der Waals surface area contributed by atoms with Crippen molar-refractivity contribution in [3.8, 4) is 5.69 Å². The summed E-state index contributed by atoms with van der Waals surface area (Å²) in [7, 11) is 0. The number of piperidine rings is 1. The zero-order chi connectivity index (χ0) is 25.7. The van der Waals surface area contributed by atoms with Crippen molar-refractivity contribution < 1.29 is 9.18 Å². The molecule has 2 aromatic heterocycles. The summed E-state index contributed by atoms with van der Waals surface area (Å²) in [5.74, 6) is -0.255. The minimum Gasteiger partial charge on any atom is -0.290 e. The fourth-order valence-corrected chi connectivity index (χ4v) is 7.26. The van der Waals surface area contributed by atoms with Crippen LogP contribution in [0.1, 0.15) is 32.4 Å². The number of benzene rings is 2. The summed E-state index contributed by atoms with van der Waals surface area (Å²) < 4.78 is 17.6. The molecule has 0 N–H and O–H groups in total. The monoisotopic (exact) mass is 570 g/mol. The highest BCUT2D eigenvalue weighted by molar-refractivity contribution is 7.97. The molecule has 1 aliphatic heterocycles. The average molecular weight is 572 g/mol. The van der Waals surface area contributed by atoms with Gasteiger partial charge in [-0.15, -0.1) is 11.3 Å². The Bertz CT molecular complexity index is 1550. The summed E-state index contributed by atoms with van der Waals surface area (Å²) in [6, 6.07) is 11.9. The van der Waals surface area contributed by atoms with Crippen LogP contribution < -0.4 is 0 Å². The number of fused-ring (bicyclic) bond motifs is 2. The van der Waals surface area contributed by atoms with E-state index < -0.39 is 5.41 Å². The minimum atomic E-state index is -0.755. The van der Waals surface area contributed by atoms with Gasteiger partial charge in [-0.05, 0) is 85.8 Å². The molecule has 1 fully saturated rings. The molecule has 1 atom stereocenters. The topological polar surface area (TPSA) is 51.0 Å². The first-order valence-electron chi connectivity index (χ1n) is 11.7. The molecule has 1 aliphatic carbocycles. The van der Waals surface area contributed by atoms with Crippen molar-refractivity contribution in [2.75, 3.05) is 13.1 Å². The van der Waals surface area contributed by atoms with E-state index in [0.717, 1.165) is 45.3 Å². The first kappa shape index (κ1) is 24.8. The number of rotatable bonds is 5. The van der Waals surface area contributed by atoms with Crippen LogP contribution in [-0.2, 0) is 6.42 Å². The second kappa shape index (κ2) is 9.67. The number of aromatic nitrogens is 3. The predicted octanol–water partition coefficient (Wildman–Crippen LogP) is 7.30. The number of hydrogen-bond acceptors (Lipinski definition) is 6. The number of thiazole rings is 1. The highest BCUT2D eigenvalue weighted by Crippen LogP contribution is 2.48. The van der Waals surface area contributed by atoms with Gasteiger partial charge in [0.2, 0.25) is 5.78 Å². The van der Waals surface area contributed by atoms with Crippen molar-refractivity contribution in [3.63, 3.8) is 0 Å². The second-order valence-electron chi connectivity index (χ2n) is 9.26. The third-order valence-electron chi connectivity index (χ3n) is 6.83. The number of aryl methyl sites for hydroxylation is 1. The van der Waals surface area contributed by atoms with Crippen LogP contribution in [0.3, 0.4) is 0 Å². The molecule has 188 valence electrons. The molecule has 0 radical (unpaired) electrons. The standard InChI is InChI=1S/C27H21Cl2FN4OS2/c1-16-13-31-26(36-16)25(35)27-12-17-14-32-34(20-4-2-19(30)3-5-20)24(17)10-18(27)8-9-33(15-27)37-21-6-7-22(28)23(29)11-21/h2-7,10-11,13-14H,8-9,12,15H2,1H3. The van der Waals surface area contributed by atoms with Crippen molar-refractivity contribution in [1.29, 1.82) is 0 Å². The molecule has 4 aromatic rings. The van der Waals surface area contributed by atoms with Gasteiger partial charge in [-0.3, -0.25) is 4.79 Å². The molecule has 0 amide bonds. The van der Waals surface area contributed by atoms with Gasteiger partial charge in [-0.25, -0.2) is 18.4 Å². The molecule has 10 heteroatoms.